The largest absolute Gasteiger partial charge is 0.376 e. The third kappa shape index (κ3) is 4.69. The van der Waals surface area contributed by atoms with Crippen molar-refractivity contribution in [1.82, 2.24) is 5.32 Å². The van der Waals surface area contributed by atoms with E-state index >= 15 is 0 Å². The molecule has 0 saturated heterocycles. The second-order valence-electron chi connectivity index (χ2n) is 4.40. The van der Waals surface area contributed by atoms with Gasteiger partial charge in [0.1, 0.15) is 0 Å². The van der Waals surface area contributed by atoms with E-state index in [4.69, 9.17) is 0 Å². The Kier molecular flexibility index (Phi) is 6.19. The van der Waals surface area contributed by atoms with Gasteiger partial charge in [-0.05, 0) is 37.5 Å². The molecule has 4 heteroatoms. The molecule has 0 aliphatic carbocycles. The number of nitrogens with one attached hydrogen (secondary N) is 2. The van der Waals surface area contributed by atoms with E-state index in [2.05, 4.69) is 40.4 Å². The Bertz CT molecular complexity index is 403. The average molecular weight is 313 g/mol. The molecule has 3 nitrogen and oxygen atoms in total. The Balaban J connectivity index is 2.44. The lowest BCUT2D eigenvalue weighted by Crippen LogP contribution is -2.37. The number of halogens is 1. The molecule has 0 bridgehead atoms. The molecule has 1 aromatic carbocycles. The number of aryl methyl sites for hydroxylation is 1. The van der Waals surface area contributed by atoms with E-state index in [0.717, 1.165) is 23.0 Å². The van der Waals surface area contributed by atoms with Crippen LogP contribution in [0, 0.1) is 6.92 Å². The number of rotatable bonds is 6. The van der Waals surface area contributed by atoms with Crippen LogP contribution in [0.3, 0.4) is 0 Å². The van der Waals surface area contributed by atoms with Crippen molar-refractivity contribution in [3.8, 4) is 0 Å². The molecule has 0 radical (unpaired) electrons. The highest BCUT2D eigenvalue weighted by Crippen LogP contribution is 2.20. The zero-order valence-corrected chi connectivity index (χ0v) is 12.8. The molecule has 0 aromatic heterocycles. The molecule has 0 aliphatic rings. The second-order valence-corrected chi connectivity index (χ2v) is 5.25. The summed E-state index contributed by atoms with van der Waals surface area (Å²) >= 11 is 3.48. The maximum atomic E-state index is 11.7. The van der Waals surface area contributed by atoms with E-state index in [1.165, 1.54) is 5.56 Å². The van der Waals surface area contributed by atoms with Crippen LogP contribution in [0.4, 0.5) is 5.69 Å². The first-order chi connectivity index (χ1) is 8.56. The molecule has 2 N–H and O–H groups in total. The van der Waals surface area contributed by atoms with E-state index in [-0.39, 0.29) is 11.9 Å². The molecular formula is C14H21BrN2O. The molecule has 1 rings (SSSR count). The fourth-order valence-electron chi connectivity index (χ4n) is 1.66. The smallest absolute Gasteiger partial charge is 0.239 e. The van der Waals surface area contributed by atoms with Crippen molar-refractivity contribution in [2.24, 2.45) is 0 Å². The first kappa shape index (κ1) is 15.0. The first-order valence-electron chi connectivity index (χ1n) is 6.36. The summed E-state index contributed by atoms with van der Waals surface area (Å²) in [6.45, 7) is 6.51. The van der Waals surface area contributed by atoms with Crippen molar-refractivity contribution in [2.75, 3.05) is 11.9 Å². The van der Waals surface area contributed by atoms with Gasteiger partial charge in [0.25, 0.3) is 0 Å². The van der Waals surface area contributed by atoms with Gasteiger partial charge in [-0.2, -0.15) is 0 Å². The number of benzene rings is 1. The summed E-state index contributed by atoms with van der Waals surface area (Å²) in [7, 11) is 0. The second kappa shape index (κ2) is 7.41. The van der Waals surface area contributed by atoms with Gasteiger partial charge < -0.3 is 10.6 Å². The maximum absolute atomic E-state index is 11.7. The number of carbonyl (C=O) groups excluding carboxylic acids is 1. The van der Waals surface area contributed by atoms with Crippen molar-refractivity contribution < 1.29 is 4.79 Å². The zero-order valence-electron chi connectivity index (χ0n) is 11.2. The fourth-order valence-corrected chi connectivity index (χ4v) is 2.04. The molecule has 1 amide bonds. The summed E-state index contributed by atoms with van der Waals surface area (Å²) in [6, 6.07) is 6.26. The quantitative estimate of drug-likeness (QED) is 0.844. The lowest BCUT2D eigenvalue weighted by Gasteiger charge is -2.15. The van der Waals surface area contributed by atoms with Crippen LogP contribution in [0.5, 0.6) is 0 Å². The van der Waals surface area contributed by atoms with E-state index < -0.39 is 0 Å². The van der Waals surface area contributed by atoms with Gasteiger partial charge in [-0.25, -0.2) is 0 Å². The van der Waals surface area contributed by atoms with Crippen molar-refractivity contribution in [3.05, 3.63) is 28.2 Å². The normalized spacial score (nSPS) is 10.5. The Morgan fingerprint density at radius 2 is 2.00 bits per heavy atom. The SMILES string of the molecule is CCC(CC)NC(=O)CNc1ccc(C)c(Br)c1. The van der Waals surface area contributed by atoms with E-state index in [9.17, 15) is 4.79 Å². The molecule has 0 heterocycles. The topological polar surface area (TPSA) is 41.1 Å². The monoisotopic (exact) mass is 312 g/mol. The van der Waals surface area contributed by atoms with Crippen molar-refractivity contribution in [3.63, 3.8) is 0 Å². The van der Waals surface area contributed by atoms with Gasteiger partial charge in [-0.3, -0.25) is 4.79 Å². The summed E-state index contributed by atoms with van der Waals surface area (Å²) in [6.07, 6.45) is 1.94. The van der Waals surface area contributed by atoms with Gasteiger partial charge in [0.05, 0.1) is 6.54 Å². The van der Waals surface area contributed by atoms with Gasteiger partial charge in [0.15, 0.2) is 0 Å². The lowest BCUT2D eigenvalue weighted by atomic mass is 10.2. The van der Waals surface area contributed by atoms with Crippen LogP contribution < -0.4 is 10.6 Å². The zero-order chi connectivity index (χ0) is 13.5. The average Bonchev–Trinajstić information content (AvgIpc) is 2.37. The van der Waals surface area contributed by atoms with Crippen LogP contribution in [0.1, 0.15) is 32.3 Å². The first-order valence-corrected chi connectivity index (χ1v) is 7.15. The molecule has 1 aromatic rings. The highest BCUT2D eigenvalue weighted by atomic mass is 79.9. The summed E-state index contributed by atoms with van der Waals surface area (Å²) in [5.74, 6) is 0.0420. The standard InChI is InChI=1S/C14H21BrN2O/c1-4-11(5-2)17-14(18)9-16-12-7-6-10(3)13(15)8-12/h6-8,11,16H,4-5,9H2,1-3H3,(H,17,18). The van der Waals surface area contributed by atoms with E-state index in [0.29, 0.717) is 6.54 Å². The predicted octanol–water partition coefficient (Wildman–Crippen LogP) is 3.47. The molecule has 18 heavy (non-hydrogen) atoms. The van der Waals surface area contributed by atoms with Crippen LogP contribution in [0.15, 0.2) is 22.7 Å². The minimum absolute atomic E-state index is 0.0420. The van der Waals surface area contributed by atoms with Gasteiger partial charge in [0, 0.05) is 16.2 Å². The summed E-state index contributed by atoms with van der Waals surface area (Å²) < 4.78 is 1.05. The van der Waals surface area contributed by atoms with Crippen LogP contribution in [0.25, 0.3) is 0 Å². The highest BCUT2D eigenvalue weighted by molar-refractivity contribution is 9.10. The molecular weight excluding hydrogens is 292 g/mol. The van der Waals surface area contributed by atoms with Crippen molar-refractivity contribution >= 4 is 27.5 Å². The van der Waals surface area contributed by atoms with Gasteiger partial charge >= 0.3 is 0 Å². The number of anilines is 1. The Labute approximate surface area is 117 Å². The highest BCUT2D eigenvalue weighted by Gasteiger charge is 2.07. The Hall–Kier alpha value is -1.03. The van der Waals surface area contributed by atoms with Crippen LogP contribution in [-0.4, -0.2) is 18.5 Å². The maximum Gasteiger partial charge on any atom is 0.239 e. The Morgan fingerprint density at radius 3 is 2.56 bits per heavy atom. The van der Waals surface area contributed by atoms with Crippen molar-refractivity contribution in [2.45, 2.75) is 39.7 Å². The van der Waals surface area contributed by atoms with Gasteiger partial charge in [-0.1, -0.05) is 35.8 Å². The van der Waals surface area contributed by atoms with E-state index in [1.54, 1.807) is 0 Å². The molecule has 0 saturated carbocycles. The van der Waals surface area contributed by atoms with Crippen molar-refractivity contribution in [1.29, 1.82) is 0 Å². The third-order valence-corrected chi connectivity index (χ3v) is 3.83. The Morgan fingerprint density at radius 1 is 1.33 bits per heavy atom. The summed E-state index contributed by atoms with van der Waals surface area (Å²) in [4.78, 5) is 11.7. The molecule has 100 valence electrons. The lowest BCUT2D eigenvalue weighted by molar-refractivity contribution is -0.120. The number of carbonyl (C=O) groups is 1. The van der Waals surface area contributed by atoms with Gasteiger partial charge in [-0.15, -0.1) is 0 Å². The molecule has 0 spiro atoms. The van der Waals surface area contributed by atoms with Gasteiger partial charge in [0.2, 0.25) is 5.91 Å². The molecule has 0 fully saturated rings. The molecule has 0 unspecified atom stereocenters. The minimum Gasteiger partial charge on any atom is -0.376 e. The summed E-state index contributed by atoms with van der Waals surface area (Å²) in [5, 5.41) is 6.12. The van der Waals surface area contributed by atoms with E-state index in [1.807, 2.05) is 25.1 Å². The molecule has 0 atom stereocenters. The number of amides is 1. The van der Waals surface area contributed by atoms with Crippen LogP contribution in [0.2, 0.25) is 0 Å². The predicted molar refractivity (Wildman–Crippen MR) is 79.9 cm³/mol. The molecule has 0 aliphatic heterocycles. The number of hydrogen-bond donors (Lipinski definition) is 2. The van der Waals surface area contributed by atoms with Crippen LogP contribution in [-0.2, 0) is 4.79 Å². The minimum atomic E-state index is 0.0420. The third-order valence-electron chi connectivity index (χ3n) is 2.98. The fraction of sp³-hybridized carbons (Fsp3) is 0.500. The number of hydrogen-bond acceptors (Lipinski definition) is 2. The van der Waals surface area contributed by atoms with Crippen LogP contribution >= 0.6 is 15.9 Å². The summed E-state index contributed by atoms with van der Waals surface area (Å²) in [5.41, 5.74) is 2.13.